The molecule has 1 atom stereocenters. The highest BCUT2D eigenvalue weighted by molar-refractivity contribution is 5.86. The lowest BCUT2D eigenvalue weighted by molar-refractivity contribution is 0.0450. The predicted octanol–water partition coefficient (Wildman–Crippen LogP) is 1.97. The zero-order valence-corrected chi connectivity index (χ0v) is 9.28. The number of carbonyl (C=O) groups excluding carboxylic acids is 1. The van der Waals surface area contributed by atoms with Gasteiger partial charge in [-0.15, -0.1) is 0 Å². The fourth-order valence-electron chi connectivity index (χ4n) is 1.93. The number of hydrogen-bond donors (Lipinski definition) is 1. The van der Waals surface area contributed by atoms with E-state index in [0.29, 0.717) is 12.6 Å². The van der Waals surface area contributed by atoms with Crippen molar-refractivity contribution in [3.63, 3.8) is 0 Å². The average Bonchev–Trinajstić information content (AvgIpc) is 2.84. The van der Waals surface area contributed by atoms with E-state index in [4.69, 9.17) is 9.15 Å². The molecule has 0 saturated carbocycles. The van der Waals surface area contributed by atoms with E-state index in [1.54, 1.807) is 12.1 Å². The van der Waals surface area contributed by atoms with Gasteiger partial charge in [0, 0.05) is 6.04 Å². The molecule has 2 heterocycles. The Balaban J connectivity index is 1.66. The average molecular weight is 223 g/mol. The lowest BCUT2D eigenvalue weighted by atomic mass is 10.0. The summed E-state index contributed by atoms with van der Waals surface area (Å²) < 4.78 is 10.1. The van der Waals surface area contributed by atoms with E-state index in [9.17, 15) is 4.79 Å². The minimum Gasteiger partial charge on any atom is -0.460 e. The van der Waals surface area contributed by atoms with Crippen molar-refractivity contribution < 1.29 is 13.9 Å². The van der Waals surface area contributed by atoms with E-state index in [1.165, 1.54) is 25.5 Å². The van der Waals surface area contributed by atoms with Crippen molar-refractivity contribution in [3.8, 4) is 0 Å². The highest BCUT2D eigenvalue weighted by Crippen LogP contribution is 2.10. The third kappa shape index (κ3) is 3.10. The van der Waals surface area contributed by atoms with Gasteiger partial charge in [0.15, 0.2) is 0 Å². The largest absolute Gasteiger partial charge is 0.460 e. The number of hydrogen-bond acceptors (Lipinski definition) is 4. The van der Waals surface area contributed by atoms with E-state index in [1.807, 2.05) is 0 Å². The van der Waals surface area contributed by atoms with Gasteiger partial charge in [0.05, 0.1) is 12.9 Å². The second-order valence-corrected chi connectivity index (χ2v) is 4.05. The highest BCUT2D eigenvalue weighted by atomic mass is 16.5. The molecule has 4 heteroatoms. The molecule has 0 bridgehead atoms. The molecular weight excluding hydrogens is 206 g/mol. The van der Waals surface area contributed by atoms with E-state index >= 15 is 0 Å². The quantitative estimate of drug-likeness (QED) is 0.793. The Bertz CT molecular complexity index is 315. The molecule has 1 aromatic heterocycles. The van der Waals surface area contributed by atoms with Gasteiger partial charge in [0.2, 0.25) is 5.76 Å². The SMILES string of the molecule is O=C(OCC[C@H]1CCCCN1)c1ccco1. The molecule has 1 saturated heterocycles. The van der Waals surface area contributed by atoms with Crippen LogP contribution in [0, 0.1) is 0 Å². The number of ether oxygens (including phenoxy) is 1. The van der Waals surface area contributed by atoms with Gasteiger partial charge in [-0.25, -0.2) is 4.79 Å². The molecule has 0 aliphatic carbocycles. The van der Waals surface area contributed by atoms with Crippen LogP contribution in [0.25, 0.3) is 0 Å². The second-order valence-electron chi connectivity index (χ2n) is 4.05. The standard InChI is InChI=1S/C12H17NO3/c14-12(11-5-3-8-15-11)16-9-6-10-4-1-2-7-13-10/h3,5,8,10,13H,1-2,4,6-7,9H2/t10-/m1/s1. The first-order valence-electron chi connectivity index (χ1n) is 5.80. The van der Waals surface area contributed by atoms with Gasteiger partial charge in [0.25, 0.3) is 0 Å². The van der Waals surface area contributed by atoms with Gasteiger partial charge >= 0.3 is 5.97 Å². The molecule has 4 nitrogen and oxygen atoms in total. The number of nitrogens with one attached hydrogen (secondary N) is 1. The van der Waals surface area contributed by atoms with Gasteiger partial charge in [-0.05, 0) is 37.9 Å². The summed E-state index contributed by atoms with van der Waals surface area (Å²) >= 11 is 0. The smallest absolute Gasteiger partial charge is 0.374 e. The number of esters is 1. The van der Waals surface area contributed by atoms with Crippen molar-refractivity contribution in [2.45, 2.75) is 31.7 Å². The summed E-state index contributed by atoms with van der Waals surface area (Å²) in [5.74, 6) is -0.0996. The van der Waals surface area contributed by atoms with Crippen molar-refractivity contribution >= 4 is 5.97 Å². The first-order valence-corrected chi connectivity index (χ1v) is 5.80. The van der Waals surface area contributed by atoms with Crippen molar-refractivity contribution in [2.24, 2.45) is 0 Å². The molecule has 0 unspecified atom stereocenters. The van der Waals surface area contributed by atoms with Crippen LogP contribution in [0.3, 0.4) is 0 Å². The molecule has 1 N–H and O–H groups in total. The second kappa shape index (κ2) is 5.70. The maximum Gasteiger partial charge on any atom is 0.374 e. The fourth-order valence-corrected chi connectivity index (χ4v) is 1.93. The molecular formula is C12H17NO3. The van der Waals surface area contributed by atoms with Crippen LogP contribution in [0.5, 0.6) is 0 Å². The van der Waals surface area contributed by atoms with Gasteiger partial charge in [0.1, 0.15) is 0 Å². The molecule has 2 rings (SSSR count). The summed E-state index contributed by atoms with van der Waals surface area (Å²) in [5, 5.41) is 3.41. The summed E-state index contributed by atoms with van der Waals surface area (Å²) in [5.41, 5.74) is 0. The van der Waals surface area contributed by atoms with Crippen LogP contribution in [-0.2, 0) is 4.74 Å². The van der Waals surface area contributed by atoms with Gasteiger partial charge in [-0.1, -0.05) is 6.42 Å². The molecule has 1 aliphatic heterocycles. The minimum absolute atomic E-state index is 0.275. The fraction of sp³-hybridized carbons (Fsp3) is 0.583. The Morgan fingerprint density at radius 2 is 2.50 bits per heavy atom. The Hall–Kier alpha value is -1.29. The molecule has 0 aromatic carbocycles. The third-order valence-electron chi connectivity index (χ3n) is 2.83. The molecule has 1 aliphatic rings. The van der Waals surface area contributed by atoms with E-state index in [-0.39, 0.29) is 11.7 Å². The molecule has 88 valence electrons. The topological polar surface area (TPSA) is 51.5 Å². The van der Waals surface area contributed by atoms with Crippen molar-refractivity contribution in [1.82, 2.24) is 5.32 Å². The minimum atomic E-state index is -0.374. The Morgan fingerprint density at radius 1 is 1.56 bits per heavy atom. The van der Waals surface area contributed by atoms with Crippen LogP contribution < -0.4 is 5.32 Å². The molecule has 0 radical (unpaired) electrons. The van der Waals surface area contributed by atoms with Crippen LogP contribution in [0.4, 0.5) is 0 Å². The predicted molar refractivity (Wildman–Crippen MR) is 59.2 cm³/mol. The molecule has 16 heavy (non-hydrogen) atoms. The Kier molecular flexibility index (Phi) is 3.99. The lowest BCUT2D eigenvalue weighted by Gasteiger charge is -2.22. The Labute approximate surface area is 95.0 Å². The summed E-state index contributed by atoms with van der Waals surface area (Å²) in [6.07, 6.45) is 6.05. The monoisotopic (exact) mass is 223 g/mol. The molecule has 0 spiro atoms. The summed E-state index contributed by atoms with van der Waals surface area (Å²) in [4.78, 5) is 11.4. The summed E-state index contributed by atoms with van der Waals surface area (Å²) in [6, 6.07) is 3.79. The van der Waals surface area contributed by atoms with Crippen LogP contribution >= 0.6 is 0 Å². The van der Waals surface area contributed by atoms with Gasteiger partial charge < -0.3 is 14.5 Å². The van der Waals surface area contributed by atoms with Crippen molar-refractivity contribution in [2.75, 3.05) is 13.2 Å². The first kappa shape index (κ1) is 11.2. The lowest BCUT2D eigenvalue weighted by Crippen LogP contribution is -2.34. The van der Waals surface area contributed by atoms with Crippen LogP contribution in [0.1, 0.15) is 36.2 Å². The van der Waals surface area contributed by atoms with Crippen LogP contribution in [0.2, 0.25) is 0 Å². The number of piperidine rings is 1. The van der Waals surface area contributed by atoms with Crippen LogP contribution in [0.15, 0.2) is 22.8 Å². The zero-order chi connectivity index (χ0) is 11.2. The third-order valence-corrected chi connectivity index (χ3v) is 2.83. The van der Waals surface area contributed by atoms with Gasteiger partial charge in [-0.3, -0.25) is 0 Å². The summed E-state index contributed by atoms with van der Waals surface area (Å²) in [6.45, 7) is 1.54. The van der Waals surface area contributed by atoms with Crippen molar-refractivity contribution in [3.05, 3.63) is 24.2 Å². The number of carbonyl (C=O) groups is 1. The Morgan fingerprint density at radius 3 is 3.19 bits per heavy atom. The summed E-state index contributed by atoms with van der Waals surface area (Å²) in [7, 11) is 0. The van der Waals surface area contributed by atoms with Crippen molar-refractivity contribution in [1.29, 1.82) is 0 Å². The number of rotatable bonds is 4. The van der Waals surface area contributed by atoms with E-state index < -0.39 is 0 Å². The molecule has 1 fully saturated rings. The van der Waals surface area contributed by atoms with E-state index in [0.717, 1.165) is 13.0 Å². The van der Waals surface area contributed by atoms with Crippen LogP contribution in [-0.4, -0.2) is 25.2 Å². The maximum atomic E-state index is 11.4. The highest BCUT2D eigenvalue weighted by Gasteiger charge is 2.14. The van der Waals surface area contributed by atoms with Gasteiger partial charge in [-0.2, -0.15) is 0 Å². The number of furan rings is 1. The molecule has 1 aromatic rings. The molecule has 0 amide bonds. The normalized spacial score (nSPS) is 20.6. The zero-order valence-electron chi connectivity index (χ0n) is 9.28. The first-order chi connectivity index (χ1) is 7.86. The maximum absolute atomic E-state index is 11.4. The van der Waals surface area contributed by atoms with E-state index in [2.05, 4.69) is 5.32 Å².